The quantitative estimate of drug-likeness (QED) is 0.258. The maximum Gasteiger partial charge on any atom is 0.191 e. The monoisotopic (exact) mass is 568 g/mol. The van der Waals surface area contributed by atoms with Crippen molar-refractivity contribution in [2.45, 2.75) is 52.8 Å². The van der Waals surface area contributed by atoms with Gasteiger partial charge in [-0.15, -0.1) is 24.0 Å². The molecule has 0 amide bonds. The average molecular weight is 569 g/mol. The highest BCUT2D eigenvalue weighted by molar-refractivity contribution is 14.0. The van der Waals surface area contributed by atoms with Crippen LogP contribution < -0.4 is 10.6 Å². The van der Waals surface area contributed by atoms with Crippen LogP contribution in [-0.4, -0.2) is 51.9 Å². The number of nitrogens with zero attached hydrogens (tertiary/aromatic N) is 4. The minimum atomic E-state index is -1.04. The van der Waals surface area contributed by atoms with Gasteiger partial charge in [0.1, 0.15) is 5.60 Å². The summed E-state index contributed by atoms with van der Waals surface area (Å²) in [7, 11) is 1.85. The van der Waals surface area contributed by atoms with E-state index in [1.165, 1.54) is 17.5 Å². The molecule has 7 nitrogen and oxygen atoms in total. The van der Waals surface area contributed by atoms with Gasteiger partial charge in [-0.25, -0.2) is 4.99 Å². The fourth-order valence-corrected chi connectivity index (χ4v) is 4.59. The highest BCUT2D eigenvalue weighted by Crippen LogP contribution is 2.23. The van der Waals surface area contributed by atoms with E-state index in [9.17, 15) is 5.11 Å². The van der Waals surface area contributed by atoms with Gasteiger partial charge in [0.15, 0.2) is 5.96 Å². The number of halogens is 1. The Morgan fingerprint density at radius 1 is 1.18 bits per heavy atom. The maximum absolute atomic E-state index is 10.9. The molecule has 2 heterocycles. The van der Waals surface area contributed by atoms with E-state index < -0.39 is 5.60 Å². The number of aliphatic hydroxyl groups is 1. The number of likely N-dealkylation sites (tertiary alicyclic amines) is 1. The van der Waals surface area contributed by atoms with Crippen LogP contribution in [0.15, 0.2) is 41.7 Å². The molecule has 3 unspecified atom stereocenters. The first-order chi connectivity index (χ1) is 15.3. The maximum atomic E-state index is 10.9. The van der Waals surface area contributed by atoms with Crippen molar-refractivity contribution >= 4 is 29.9 Å². The van der Waals surface area contributed by atoms with Crippen molar-refractivity contribution in [3.63, 3.8) is 0 Å². The van der Waals surface area contributed by atoms with Gasteiger partial charge in [-0.2, -0.15) is 5.10 Å². The van der Waals surface area contributed by atoms with Crippen molar-refractivity contribution < 1.29 is 5.11 Å². The number of aromatic nitrogens is 2. The lowest BCUT2D eigenvalue weighted by Gasteiger charge is -2.35. The molecule has 0 saturated carbocycles. The Balaban J connectivity index is 0.00000385. The summed E-state index contributed by atoms with van der Waals surface area (Å²) in [5.74, 6) is 2.20. The molecule has 1 aromatic carbocycles. The Labute approximate surface area is 216 Å². The average Bonchev–Trinajstić information content (AvgIpc) is 3.18. The molecule has 1 saturated heterocycles. The predicted octanol–water partition coefficient (Wildman–Crippen LogP) is 3.48. The molecule has 0 aliphatic carbocycles. The summed E-state index contributed by atoms with van der Waals surface area (Å²) < 4.78 is 1.70. The fraction of sp³-hybridized carbons (Fsp3) is 0.600. The third-order valence-corrected chi connectivity index (χ3v) is 6.14. The standard InChI is InChI=1S/C25H40N6O.HI/c1-6-26-24(28-18-25(4,32)23-13-29-30(5)17-23)27-12-21-9-7-8-10-22(21)16-31-14-19(2)11-20(3)15-31;/h7-10,13,17,19-20,32H,6,11-12,14-16,18H2,1-5H3,(H2,26,27,28);1H. The Morgan fingerprint density at radius 3 is 2.45 bits per heavy atom. The molecule has 0 bridgehead atoms. The van der Waals surface area contributed by atoms with E-state index in [0.29, 0.717) is 19.0 Å². The summed E-state index contributed by atoms with van der Waals surface area (Å²) in [5.41, 5.74) is 2.33. The number of hydrogen-bond donors (Lipinski definition) is 3. The van der Waals surface area contributed by atoms with E-state index in [0.717, 1.165) is 43.6 Å². The van der Waals surface area contributed by atoms with Gasteiger partial charge >= 0.3 is 0 Å². The minimum absolute atomic E-state index is 0. The molecule has 0 spiro atoms. The topological polar surface area (TPSA) is 77.7 Å². The lowest BCUT2D eigenvalue weighted by Crippen LogP contribution is -2.44. The highest BCUT2D eigenvalue weighted by atomic mass is 127. The SMILES string of the molecule is CCNC(=NCc1ccccc1CN1CC(C)CC(C)C1)NCC(C)(O)c1cnn(C)c1.I. The molecule has 2 aromatic rings. The Hall–Kier alpha value is -1.65. The Morgan fingerprint density at radius 2 is 1.85 bits per heavy atom. The van der Waals surface area contributed by atoms with Crippen molar-refractivity contribution in [2.24, 2.45) is 23.9 Å². The molecular weight excluding hydrogens is 527 g/mol. The number of benzene rings is 1. The number of guanidine groups is 1. The van der Waals surface area contributed by atoms with Gasteiger partial charge in [-0.3, -0.25) is 9.58 Å². The van der Waals surface area contributed by atoms with Crippen LogP contribution in [0.3, 0.4) is 0 Å². The second kappa shape index (κ2) is 12.7. The lowest BCUT2D eigenvalue weighted by atomic mass is 9.91. The van der Waals surface area contributed by atoms with Crippen molar-refractivity contribution in [1.29, 1.82) is 0 Å². The van der Waals surface area contributed by atoms with Gasteiger partial charge in [0.05, 0.1) is 19.3 Å². The molecule has 3 rings (SSSR count). The van der Waals surface area contributed by atoms with E-state index in [4.69, 9.17) is 4.99 Å². The molecule has 0 radical (unpaired) electrons. The first kappa shape index (κ1) is 27.6. The summed E-state index contributed by atoms with van der Waals surface area (Å²) in [6, 6.07) is 8.60. The number of nitrogens with one attached hydrogen (secondary N) is 2. The van der Waals surface area contributed by atoms with Gasteiger partial charge in [0.2, 0.25) is 0 Å². The normalized spacial score (nSPS) is 21.2. The first-order valence-corrected chi connectivity index (χ1v) is 11.8. The minimum Gasteiger partial charge on any atom is -0.383 e. The molecule has 184 valence electrons. The van der Waals surface area contributed by atoms with Crippen LogP contribution in [0.1, 0.15) is 50.8 Å². The van der Waals surface area contributed by atoms with Crippen LogP contribution in [0.25, 0.3) is 0 Å². The van der Waals surface area contributed by atoms with E-state index in [2.05, 4.69) is 58.7 Å². The third-order valence-electron chi connectivity index (χ3n) is 6.14. The molecule has 1 aliphatic rings. The summed E-state index contributed by atoms with van der Waals surface area (Å²) in [5, 5.41) is 21.6. The zero-order valence-electron chi connectivity index (χ0n) is 20.7. The van der Waals surface area contributed by atoms with Crippen LogP contribution in [0.5, 0.6) is 0 Å². The second-order valence-electron chi connectivity index (χ2n) is 9.63. The van der Waals surface area contributed by atoms with Crippen LogP contribution in [0.2, 0.25) is 0 Å². The van der Waals surface area contributed by atoms with Crippen molar-refractivity contribution in [1.82, 2.24) is 25.3 Å². The smallest absolute Gasteiger partial charge is 0.191 e. The summed E-state index contributed by atoms with van der Waals surface area (Å²) >= 11 is 0. The van der Waals surface area contributed by atoms with Crippen molar-refractivity contribution in [3.05, 3.63) is 53.3 Å². The zero-order chi connectivity index (χ0) is 23.1. The number of aryl methyl sites for hydroxylation is 1. The molecule has 1 fully saturated rings. The molecule has 8 heteroatoms. The molecule has 1 aliphatic heterocycles. The van der Waals surface area contributed by atoms with Gasteiger partial charge in [0.25, 0.3) is 0 Å². The van der Waals surface area contributed by atoms with Crippen LogP contribution in [0, 0.1) is 11.8 Å². The van der Waals surface area contributed by atoms with Crippen molar-refractivity contribution in [3.8, 4) is 0 Å². The lowest BCUT2D eigenvalue weighted by molar-refractivity contribution is 0.0616. The third kappa shape index (κ3) is 8.26. The summed E-state index contributed by atoms with van der Waals surface area (Å²) in [6.07, 6.45) is 4.86. The van der Waals surface area contributed by atoms with Gasteiger partial charge in [0, 0.05) is 45.0 Å². The van der Waals surface area contributed by atoms with E-state index in [-0.39, 0.29) is 24.0 Å². The second-order valence-corrected chi connectivity index (χ2v) is 9.63. The van der Waals surface area contributed by atoms with Crippen LogP contribution in [-0.2, 0) is 25.7 Å². The highest BCUT2D eigenvalue weighted by Gasteiger charge is 2.25. The van der Waals surface area contributed by atoms with Crippen LogP contribution in [0.4, 0.5) is 0 Å². The Bertz CT molecular complexity index is 887. The summed E-state index contributed by atoms with van der Waals surface area (Å²) in [6.45, 7) is 13.5. The van der Waals surface area contributed by atoms with Gasteiger partial charge in [-0.1, -0.05) is 38.1 Å². The van der Waals surface area contributed by atoms with Gasteiger partial charge in [-0.05, 0) is 43.2 Å². The van der Waals surface area contributed by atoms with Crippen molar-refractivity contribution in [2.75, 3.05) is 26.2 Å². The fourth-order valence-electron chi connectivity index (χ4n) is 4.59. The number of hydrogen-bond acceptors (Lipinski definition) is 4. The first-order valence-electron chi connectivity index (χ1n) is 11.8. The molecular formula is C25H41IN6O. The molecule has 3 atom stereocenters. The zero-order valence-corrected chi connectivity index (χ0v) is 23.0. The number of rotatable bonds is 8. The molecule has 33 heavy (non-hydrogen) atoms. The molecule has 3 N–H and O–H groups in total. The summed E-state index contributed by atoms with van der Waals surface area (Å²) in [4.78, 5) is 7.39. The number of aliphatic imine (C=N–C) groups is 1. The van der Waals surface area contributed by atoms with E-state index >= 15 is 0 Å². The largest absolute Gasteiger partial charge is 0.383 e. The number of piperidine rings is 1. The predicted molar refractivity (Wildman–Crippen MR) is 146 cm³/mol. The molecule has 1 aromatic heterocycles. The Kier molecular flexibility index (Phi) is 10.6. The van der Waals surface area contributed by atoms with E-state index in [1.807, 2.05) is 20.2 Å². The van der Waals surface area contributed by atoms with Gasteiger partial charge < -0.3 is 15.7 Å². The van der Waals surface area contributed by atoms with E-state index in [1.54, 1.807) is 17.8 Å². The van der Waals surface area contributed by atoms with Crippen LogP contribution >= 0.6 is 24.0 Å².